The van der Waals surface area contributed by atoms with Gasteiger partial charge in [0, 0.05) is 19.6 Å². The summed E-state index contributed by atoms with van der Waals surface area (Å²) < 4.78 is 26.9. The molecule has 4 rings (SSSR count). The number of nitrogens with zero attached hydrogens (tertiary/aromatic N) is 1. The molecule has 6 heteroatoms. The molecule has 31 heavy (non-hydrogen) atoms. The summed E-state index contributed by atoms with van der Waals surface area (Å²) in [5.41, 5.74) is 5.39. The maximum Gasteiger partial charge on any atom is 0.224 e. The molecule has 1 amide bonds. The zero-order valence-corrected chi connectivity index (χ0v) is 18.1. The first-order valence-electron chi connectivity index (χ1n) is 10.5. The smallest absolute Gasteiger partial charge is 0.224 e. The lowest BCUT2D eigenvalue weighted by Gasteiger charge is -2.28. The van der Waals surface area contributed by atoms with Crippen molar-refractivity contribution < 1.29 is 13.2 Å². The summed E-state index contributed by atoms with van der Waals surface area (Å²) in [7, 11) is -3.41. The molecule has 1 aliphatic heterocycles. The lowest BCUT2D eigenvalue weighted by molar-refractivity contribution is -0.120. The number of hydrogen-bond acceptors (Lipinski definition) is 3. The molecule has 0 spiro atoms. The summed E-state index contributed by atoms with van der Waals surface area (Å²) >= 11 is 0. The van der Waals surface area contributed by atoms with Crippen molar-refractivity contribution in [3.8, 4) is 11.1 Å². The highest BCUT2D eigenvalue weighted by molar-refractivity contribution is 7.89. The van der Waals surface area contributed by atoms with Gasteiger partial charge in [0.15, 0.2) is 0 Å². The van der Waals surface area contributed by atoms with Gasteiger partial charge in [-0.25, -0.2) is 8.42 Å². The Hall–Kier alpha value is -2.96. The van der Waals surface area contributed by atoms with E-state index in [1.807, 2.05) is 78.9 Å². The van der Waals surface area contributed by atoms with Crippen molar-refractivity contribution >= 4 is 15.9 Å². The fraction of sp³-hybridized carbons (Fsp3) is 0.240. The third-order valence-corrected chi connectivity index (χ3v) is 7.42. The molecule has 0 aromatic heterocycles. The van der Waals surface area contributed by atoms with Crippen molar-refractivity contribution in [1.82, 2.24) is 9.62 Å². The molecule has 0 aliphatic carbocycles. The summed E-state index contributed by atoms with van der Waals surface area (Å²) in [6.07, 6.45) is 0.951. The van der Waals surface area contributed by atoms with E-state index in [0.29, 0.717) is 13.1 Å². The highest BCUT2D eigenvalue weighted by Crippen LogP contribution is 2.21. The Kier molecular flexibility index (Phi) is 6.49. The Balaban J connectivity index is 1.26. The van der Waals surface area contributed by atoms with Gasteiger partial charge in [-0.2, -0.15) is 4.31 Å². The fourth-order valence-corrected chi connectivity index (χ4v) is 5.17. The summed E-state index contributed by atoms with van der Waals surface area (Å²) in [6.45, 7) is 1.00. The molecule has 0 unspecified atom stereocenters. The second-order valence-corrected chi connectivity index (χ2v) is 9.85. The number of hydrogen-bond donors (Lipinski definition) is 1. The van der Waals surface area contributed by atoms with E-state index in [9.17, 15) is 13.2 Å². The van der Waals surface area contributed by atoms with E-state index in [1.54, 1.807) is 0 Å². The maximum absolute atomic E-state index is 12.7. The Bertz CT molecular complexity index is 1140. The SMILES string of the molecule is O=C(Cc1ccc(-c2ccccc2)cc1)NCCS(=O)(=O)N1CCc2ccccc2C1. The average Bonchev–Trinajstić information content (AvgIpc) is 2.79. The van der Waals surface area contributed by atoms with Crippen molar-refractivity contribution in [1.29, 1.82) is 0 Å². The quantitative estimate of drug-likeness (QED) is 0.620. The van der Waals surface area contributed by atoms with Crippen molar-refractivity contribution in [2.75, 3.05) is 18.8 Å². The maximum atomic E-state index is 12.7. The number of fused-ring (bicyclic) bond motifs is 1. The van der Waals surface area contributed by atoms with E-state index in [0.717, 1.165) is 28.7 Å². The van der Waals surface area contributed by atoms with Crippen molar-refractivity contribution in [3.05, 3.63) is 95.6 Å². The van der Waals surface area contributed by atoms with Gasteiger partial charge in [-0.3, -0.25) is 4.79 Å². The van der Waals surface area contributed by atoms with Gasteiger partial charge < -0.3 is 5.32 Å². The molecule has 0 atom stereocenters. The minimum absolute atomic E-state index is 0.0894. The molecule has 1 aliphatic rings. The first-order valence-corrected chi connectivity index (χ1v) is 12.1. The molecule has 0 saturated carbocycles. The average molecular weight is 435 g/mol. The standard InChI is InChI=1S/C25H26N2O3S/c28-25(18-20-10-12-23(13-11-20)21-6-2-1-3-7-21)26-15-17-31(29,30)27-16-14-22-8-4-5-9-24(22)19-27/h1-13H,14-19H2,(H,26,28). The van der Waals surface area contributed by atoms with Gasteiger partial charge in [0.05, 0.1) is 12.2 Å². The third-order valence-electron chi connectivity index (χ3n) is 5.60. The molecule has 3 aromatic carbocycles. The Morgan fingerprint density at radius 1 is 0.839 bits per heavy atom. The van der Waals surface area contributed by atoms with Crippen LogP contribution in [0.15, 0.2) is 78.9 Å². The van der Waals surface area contributed by atoms with Crippen LogP contribution in [-0.4, -0.2) is 37.5 Å². The zero-order chi connectivity index (χ0) is 21.7. The van der Waals surface area contributed by atoms with E-state index in [-0.39, 0.29) is 24.6 Å². The molecule has 5 nitrogen and oxygen atoms in total. The van der Waals surface area contributed by atoms with Gasteiger partial charge >= 0.3 is 0 Å². The van der Waals surface area contributed by atoms with Crippen LogP contribution >= 0.6 is 0 Å². The monoisotopic (exact) mass is 434 g/mol. The molecule has 3 aromatic rings. The lowest BCUT2D eigenvalue weighted by atomic mass is 10.0. The van der Waals surface area contributed by atoms with Crippen LogP contribution in [0.4, 0.5) is 0 Å². The van der Waals surface area contributed by atoms with Crippen LogP contribution in [0.3, 0.4) is 0 Å². The van der Waals surface area contributed by atoms with Crippen LogP contribution in [0.2, 0.25) is 0 Å². The largest absolute Gasteiger partial charge is 0.355 e. The van der Waals surface area contributed by atoms with E-state index in [1.165, 1.54) is 9.87 Å². The first-order chi connectivity index (χ1) is 15.0. The van der Waals surface area contributed by atoms with Gasteiger partial charge in [-0.15, -0.1) is 0 Å². The first kappa shape index (κ1) is 21.3. The predicted octanol–water partition coefficient (Wildman–Crippen LogP) is 3.40. The van der Waals surface area contributed by atoms with Gasteiger partial charge in [0.2, 0.25) is 15.9 Å². The fourth-order valence-electron chi connectivity index (χ4n) is 3.85. The van der Waals surface area contributed by atoms with Gasteiger partial charge in [-0.1, -0.05) is 78.9 Å². The number of carbonyl (C=O) groups is 1. The van der Waals surface area contributed by atoms with Crippen LogP contribution in [-0.2, 0) is 34.2 Å². The molecule has 1 N–H and O–H groups in total. The highest BCUT2D eigenvalue weighted by atomic mass is 32.2. The molecule has 0 bridgehead atoms. The Morgan fingerprint density at radius 3 is 2.23 bits per heavy atom. The highest BCUT2D eigenvalue weighted by Gasteiger charge is 2.26. The second kappa shape index (κ2) is 9.45. The number of benzene rings is 3. The van der Waals surface area contributed by atoms with E-state index in [4.69, 9.17) is 0 Å². The van der Waals surface area contributed by atoms with Crippen LogP contribution in [0.1, 0.15) is 16.7 Å². The minimum Gasteiger partial charge on any atom is -0.355 e. The minimum atomic E-state index is -3.41. The predicted molar refractivity (Wildman–Crippen MR) is 123 cm³/mol. The number of carbonyl (C=O) groups excluding carboxylic acids is 1. The molecular weight excluding hydrogens is 408 g/mol. The summed E-state index contributed by atoms with van der Waals surface area (Å²) in [5, 5.41) is 2.75. The normalized spacial score (nSPS) is 14.1. The van der Waals surface area contributed by atoms with Gasteiger partial charge in [-0.05, 0) is 34.2 Å². The zero-order valence-electron chi connectivity index (χ0n) is 17.3. The number of amides is 1. The number of sulfonamides is 1. The summed E-state index contributed by atoms with van der Waals surface area (Å²) in [5.74, 6) is -0.264. The van der Waals surface area contributed by atoms with Gasteiger partial charge in [0.25, 0.3) is 0 Å². The van der Waals surface area contributed by atoms with Crippen LogP contribution in [0.25, 0.3) is 11.1 Å². The van der Waals surface area contributed by atoms with E-state index >= 15 is 0 Å². The van der Waals surface area contributed by atoms with Crippen LogP contribution < -0.4 is 5.32 Å². The lowest BCUT2D eigenvalue weighted by Crippen LogP contribution is -2.40. The Morgan fingerprint density at radius 2 is 1.48 bits per heavy atom. The molecular formula is C25H26N2O3S. The second-order valence-electron chi connectivity index (χ2n) is 7.76. The topological polar surface area (TPSA) is 66.5 Å². The van der Waals surface area contributed by atoms with Crippen LogP contribution in [0.5, 0.6) is 0 Å². The van der Waals surface area contributed by atoms with Crippen molar-refractivity contribution in [3.63, 3.8) is 0 Å². The van der Waals surface area contributed by atoms with E-state index in [2.05, 4.69) is 5.32 Å². The molecule has 1 heterocycles. The third kappa shape index (κ3) is 5.40. The molecule has 0 fully saturated rings. The van der Waals surface area contributed by atoms with Gasteiger partial charge in [0.1, 0.15) is 0 Å². The molecule has 0 saturated heterocycles. The molecule has 0 radical (unpaired) electrons. The van der Waals surface area contributed by atoms with Crippen molar-refractivity contribution in [2.45, 2.75) is 19.4 Å². The number of rotatable bonds is 7. The van der Waals surface area contributed by atoms with Crippen molar-refractivity contribution in [2.24, 2.45) is 0 Å². The number of nitrogens with one attached hydrogen (secondary N) is 1. The molecule has 160 valence electrons. The van der Waals surface area contributed by atoms with Crippen LogP contribution in [0, 0.1) is 0 Å². The summed E-state index contributed by atoms with van der Waals surface area (Å²) in [4.78, 5) is 12.3. The Labute approximate surface area is 183 Å². The van der Waals surface area contributed by atoms with E-state index < -0.39 is 10.0 Å². The summed E-state index contributed by atoms with van der Waals surface area (Å²) in [6, 6.07) is 25.9.